The molecule has 148 valence electrons. The molecular formula is C24H25N3O2. The van der Waals surface area contributed by atoms with E-state index in [-0.39, 0.29) is 11.9 Å². The van der Waals surface area contributed by atoms with Crippen molar-refractivity contribution in [1.29, 1.82) is 0 Å². The lowest BCUT2D eigenvalue weighted by molar-refractivity contribution is -0.122. The standard InChI is InChI=1S/C24H25N3O2/c28-24(23-10-4-5-16-27(23)18-19-7-2-1-3-8-19)26-20-11-13-21(14-12-20)29-22-9-6-15-25-17-22/h1-3,6-9,11-15,17,23H,4-5,10,16,18H2,(H,26,28)/t23-/m1/s1. The van der Waals surface area contributed by atoms with E-state index in [0.717, 1.165) is 38.0 Å². The van der Waals surface area contributed by atoms with Crippen molar-refractivity contribution in [2.24, 2.45) is 0 Å². The lowest BCUT2D eigenvalue weighted by Gasteiger charge is -2.34. The van der Waals surface area contributed by atoms with E-state index in [1.807, 2.05) is 54.6 Å². The molecule has 0 spiro atoms. The normalized spacial score (nSPS) is 16.9. The van der Waals surface area contributed by atoms with Crippen LogP contribution in [0.1, 0.15) is 24.8 Å². The predicted octanol–water partition coefficient (Wildman–Crippen LogP) is 4.87. The zero-order valence-corrected chi connectivity index (χ0v) is 16.3. The molecule has 2 aromatic carbocycles. The van der Waals surface area contributed by atoms with Gasteiger partial charge in [0.25, 0.3) is 0 Å². The van der Waals surface area contributed by atoms with Crippen molar-refractivity contribution < 1.29 is 9.53 Å². The summed E-state index contributed by atoms with van der Waals surface area (Å²) in [6, 6.07) is 21.4. The Morgan fingerprint density at radius 1 is 1.00 bits per heavy atom. The fourth-order valence-electron chi connectivity index (χ4n) is 3.67. The Balaban J connectivity index is 1.38. The zero-order valence-electron chi connectivity index (χ0n) is 16.3. The highest BCUT2D eigenvalue weighted by molar-refractivity contribution is 5.94. The van der Waals surface area contributed by atoms with Crippen molar-refractivity contribution in [2.75, 3.05) is 11.9 Å². The van der Waals surface area contributed by atoms with E-state index in [1.54, 1.807) is 12.4 Å². The van der Waals surface area contributed by atoms with Gasteiger partial charge in [-0.25, -0.2) is 0 Å². The molecule has 1 atom stereocenters. The SMILES string of the molecule is O=C(Nc1ccc(Oc2cccnc2)cc1)[C@H]1CCCCN1Cc1ccccc1. The minimum Gasteiger partial charge on any atom is -0.456 e. The number of ether oxygens (including phenoxy) is 1. The number of rotatable bonds is 6. The van der Waals surface area contributed by atoms with E-state index in [2.05, 4.69) is 27.3 Å². The number of anilines is 1. The number of nitrogens with one attached hydrogen (secondary N) is 1. The highest BCUT2D eigenvalue weighted by atomic mass is 16.5. The molecule has 0 unspecified atom stereocenters. The van der Waals surface area contributed by atoms with Crippen LogP contribution in [-0.4, -0.2) is 28.4 Å². The Hall–Kier alpha value is -3.18. The van der Waals surface area contributed by atoms with Crippen LogP contribution in [0.2, 0.25) is 0 Å². The Labute approximate surface area is 171 Å². The topological polar surface area (TPSA) is 54.5 Å². The van der Waals surface area contributed by atoms with Gasteiger partial charge in [-0.3, -0.25) is 14.7 Å². The molecule has 5 heteroatoms. The molecule has 1 aliphatic heterocycles. The number of carbonyl (C=O) groups excluding carboxylic acids is 1. The van der Waals surface area contributed by atoms with Gasteiger partial charge in [-0.1, -0.05) is 36.8 Å². The molecule has 29 heavy (non-hydrogen) atoms. The second kappa shape index (κ2) is 9.34. The fraction of sp³-hybridized carbons (Fsp3) is 0.250. The van der Waals surface area contributed by atoms with Gasteiger partial charge in [-0.15, -0.1) is 0 Å². The molecule has 0 aliphatic carbocycles. The van der Waals surface area contributed by atoms with E-state index in [4.69, 9.17) is 4.74 Å². The van der Waals surface area contributed by atoms with Crippen molar-refractivity contribution in [3.05, 3.63) is 84.7 Å². The number of nitrogens with zero attached hydrogens (tertiary/aromatic N) is 2. The Kier molecular flexibility index (Phi) is 6.17. The number of carbonyl (C=O) groups is 1. The molecule has 1 amide bonds. The molecule has 3 aromatic rings. The van der Waals surface area contributed by atoms with Crippen molar-refractivity contribution in [2.45, 2.75) is 31.8 Å². The molecule has 1 aliphatic rings. The van der Waals surface area contributed by atoms with Crippen molar-refractivity contribution in [1.82, 2.24) is 9.88 Å². The Bertz CT molecular complexity index is 914. The van der Waals surface area contributed by atoms with E-state index in [1.165, 1.54) is 5.56 Å². The van der Waals surface area contributed by atoms with Gasteiger partial charge in [-0.05, 0) is 61.3 Å². The molecule has 1 N–H and O–H groups in total. The van der Waals surface area contributed by atoms with E-state index in [9.17, 15) is 4.79 Å². The van der Waals surface area contributed by atoms with Crippen LogP contribution in [-0.2, 0) is 11.3 Å². The third-order valence-electron chi connectivity index (χ3n) is 5.14. The first-order chi connectivity index (χ1) is 14.3. The van der Waals surface area contributed by atoms with Crippen LogP contribution in [0, 0.1) is 0 Å². The minimum absolute atomic E-state index is 0.0570. The van der Waals surface area contributed by atoms with Crippen LogP contribution in [0.4, 0.5) is 5.69 Å². The lowest BCUT2D eigenvalue weighted by atomic mass is 10.00. The predicted molar refractivity (Wildman–Crippen MR) is 114 cm³/mol. The van der Waals surface area contributed by atoms with Gasteiger partial charge < -0.3 is 10.1 Å². The smallest absolute Gasteiger partial charge is 0.241 e. The molecule has 4 rings (SSSR count). The van der Waals surface area contributed by atoms with Crippen LogP contribution >= 0.6 is 0 Å². The minimum atomic E-state index is -0.102. The first kappa shape index (κ1) is 19.2. The summed E-state index contributed by atoms with van der Waals surface area (Å²) in [5.41, 5.74) is 2.02. The van der Waals surface area contributed by atoms with Crippen molar-refractivity contribution >= 4 is 11.6 Å². The maximum Gasteiger partial charge on any atom is 0.241 e. The van der Waals surface area contributed by atoms with Gasteiger partial charge in [-0.2, -0.15) is 0 Å². The van der Waals surface area contributed by atoms with E-state index >= 15 is 0 Å². The lowest BCUT2D eigenvalue weighted by Crippen LogP contribution is -2.46. The fourth-order valence-corrected chi connectivity index (χ4v) is 3.67. The molecule has 1 saturated heterocycles. The number of piperidine rings is 1. The van der Waals surface area contributed by atoms with Crippen LogP contribution in [0.15, 0.2) is 79.1 Å². The highest BCUT2D eigenvalue weighted by Crippen LogP contribution is 2.24. The molecule has 0 saturated carbocycles. The van der Waals surface area contributed by atoms with Gasteiger partial charge in [0.1, 0.15) is 11.5 Å². The van der Waals surface area contributed by atoms with Gasteiger partial charge in [0, 0.05) is 18.4 Å². The van der Waals surface area contributed by atoms with Crippen LogP contribution in [0.25, 0.3) is 0 Å². The average molecular weight is 387 g/mol. The Morgan fingerprint density at radius 3 is 2.59 bits per heavy atom. The number of likely N-dealkylation sites (tertiary alicyclic amines) is 1. The summed E-state index contributed by atoms with van der Waals surface area (Å²) in [6.45, 7) is 1.75. The monoisotopic (exact) mass is 387 g/mol. The first-order valence-corrected chi connectivity index (χ1v) is 10.0. The molecule has 0 bridgehead atoms. The zero-order chi connectivity index (χ0) is 19.9. The number of hydrogen-bond acceptors (Lipinski definition) is 4. The van der Waals surface area contributed by atoms with Gasteiger partial charge >= 0.3 is 0 Å². The van der Waals surface area contributed by atoms with Gasteiger partial charge in [0.05, 0.1) is 12.2 Å². The molecule has 5 nitrogen and oxygen atoms in total. The van der Waals surface area contributed by atoms with Gasteiger partial charge in [0.15, 0.2) is 0 Å². The van der Waals surface area contributed by atoms with Crippen molar-refractivity contribution in [3.8, 4) is 11.5 Å². The average Bonchev–Trinajstić information content (AvgIpc) is 2.77. The quantitative estimate of drug-likeness (QED) is 0.656. The summed E-state index contributed by atoms with van der Waals surface area (Å²) in [5.74, 6) is 1.45. The first-order valence-electron chi connectivity index (χ1n) is 10.0. The number of amides is 1. The number of benzene rings is 2. The molecular weight excluding hydrogens is 362 g/mol. The van der Waals surface area contributed by atoms with Crippen LogP contribution in [0.3, 0.4) is 0 Å². The molecule has 1 fully saturated rings. The third-order valence-corrected chi connectivity index (χ3v) is 5.14. The summed E-state index contributed by atoms with van der Waals surface area (Å²) >= 11 is 0. The van der Waals surface area contributed by atoms with Crippen LogP contribution in [0.5, 0.6) is 11.5 Å². The second-order valence-corrected chi connectivity index (χ2v) is 7.27. The maximum atomic E-state index is 13.0. The summed E-state index contributed by atoms with van der Waals surface area (Å²) in [7, 11) is 0. The number of aromatic nitrogens is 1. The molecule has 1 aromatic heterocycles. The molecule has 0 radical (unpaired) electrons. The van der Waals surface area contributed by atoms with Crippen LogP contribution < -0.4 is 10.1 Å². The number of pyridine rings is 1. The highest BCUT2D eigenvalue weighted by Gasteiger charge is 2.28. The second-order valence-electron chi connectivity index (χ2n) is 7.27. The summed E-state index contributed by atoms with van der Waals surface area (Å²) < 4.78 is 5.75. The summed E-state index contributed by atoms with van der Waals surface area (Å²) in [5, 5.41) is 3.07. The summed E-state index contributed by atoms with van der Waals surface area (Å²) in [6.07, 6.45) is 6.48. The summed E-state index contributed by atoms with van der Waals surface area (Å²) in [4.78, 5) is 19.3. The van der Waals surface area contributed by atoms with Gasteiger partial charge in [0.2, 0.25) is 5.91 Å². The third kappa shape index (κ3) is 5.21. The van der Waals surface area contributed by atoms with E-state index < -0.39 is 0 Å². The Morgan fingerprint density at radius 2 is 1.83 bits per heavy atom. The van der Waals surface area contributed by atoms with E-state index in [0.29, 0.717) is 11.5 Å². The molecule has 2 heterocycles. The van der Waals surface area contributed by atoms with Crippen molar-refractivity contribution in [3.63, 3.8) is 0 Å². The number of hydrogen-bond donors (Lipinski definition) is 1. The maximum absolute atomic E-state index is 13.0. The largest absolute Gasteiger partial charge is 0.456 e.